The molecule has 1 amide bonds. The molecule has 1 aromatic heterocycles. The van der Waals surface area contributed by atoms with Crippen molar-refractivity contribution in [2.75, 3.05) is 19.6 Å². The van der Waals surface area contributed by atoms with Crippen molar-refractivity contribution in [2.24, 2.45) is 0 Å². The minimum Gasteiger partial charge on any atom is -0.335 e. The predicted octanol–water partition coefficient (Wildman–Crippen LogP) is 2.24. The van der Waals surface area contributed by atoms with Crippen LogP contribution in [-0.2, 0) is 0 Å². The Labute approximate surface area is 122 Å². The zero-order valence-electron chi connectivity index (χ0n) is 11.4. The monoisotopic (exact) mass is 287 g/mol. The van der Waals surface area contributed by atoms with E-state index in [0.717, 1.165) is 35.1 Å². The van der Waals surface area contributed by atoms with Crippen LogP contribution in [0.3, 0.4) is 0 Å². The van der Waals surface area contributed by atoms with Gasteiger partial charge in [-0.05, 0) is 6.92 Å². The van der Waals surface area contributed by atoms with E-state index in [0.29, 0.717) is 6.04 Å². The molecule has 20 heavy (non-hydrogen) atoms. The highest BCUT2D eigenvalue weighted by molar-refractivity contribution is 7.16. The largest absolute Gasteiger partial charge is 0.335 e. The van der Waals surface area contributed by atoms with Crippen molar-refractivity contribution < 1.29 is 4.79 Å². The first-order valence-electron chi connectivity index (χ1n) is 6.78. The molecule has 1 aliphatic rings. The van der Waals surface area contributed by atoms with E-state index in [9.17, 15) is 4.79 Å². The fourth-order valence-corrected chi connectivity index (χ4v) is 3.25. The molecule has 0 bridgehead atoms. The zero-order chi connectivity index (χ0) is 13.9. The first kappa shape index (κ1) is 13.3. The molecular formula is C15H17N3OS. The number of thiazole rings is 1. The number of amides is 1. The SMILES string of the molecule is CC1CN(C(=O)c2cnc(-c3ccccc3)s2)CCN1. The Kier molecular flexibility index (Phi) is 3.80. The number of hydrogen-bond donors (Lipinski definition) is 1. The van der Waals surface area contributed by atoms with Gasteiger partial charge in [-0.1, -0.05) is 30.3 Å². The van der Waals surface area contributed by atoms with Gasteiger partial charge in [0.1, 0.15) is 9.88 Å². The maximum atomic E-state index is 12.5. The van der Waals surface area contributed by atoms with Gasteiger partial charge in [0, 0.05) is 31.2 Å². The van der Waals surface area contributed by atoms with Gasteiger partial charge in [-0.2, -0.15) is 0 Å². The second-order valence-electron chi connectivity index (χ2n) is 5.00. The van der Waals surface area contributed by atoms with Crippen LogP contribution in [0.1, 0.15) is 16.6 Å². The van der Waals surface area contributed by atoms with Crippen LogP contribution in [0.25, 0.3) is 10.6 Å². The third kappa shape index (κ3) is 2.73. The van der Waals surface area contributed by atoms with Gasteiger partial charge in [-0.15, -0.1) is 11.3 Å². The molecule has 2 heterocycles. The Morgan fingerprint density at radius 1 is 1.40 bits per heavy atom. The van der Waals surface area contributed by atoms with Crippen molar-refractivity contribution in [3.05, 3.63) is 41.4 Å². The zero-order valence-corrected chi connectivity index (χ0v) is 12.2. The Morgan fingerprint density at radius 2 is 2.20 bits per heavy atom. The number of nitrogens with one attached hydrogen (secondary N) is 1. The second-order valence-corrected chi connectivity index (χ2v) is 6.03. The average molecular weight is 287 g/mol. The van der Waals surface area contributed by atoms with E-state index in [1.807, 2.05) is 35.2 Å². The molecule has 104 valence electrons. The summed E-state index contributed by atoms with van der Waals surface area (Å²) in [6.07, 6.45) is 1.70. The van der Waals surface area contributed by atoms with Crippen LogP contribution in [0.15, 0.2) is 36.5 Å². The molecule has 0 saturated carbocycles. The molecular weight excluding hydrogens is 270 g/mol. The van der Waals surface area contributed by atoms with E-state index in [2.05, 4.69) is 17.2 Å². The van der Waals surface area contributed by atoms with E-state index in [1.54, 1.807) is 6.20 Å². The van der Waals surface area contributed by atoms with Gasteiger partial charge in [0.25, 0.3) is 5.91 Å². The van der Waals surface area contributed by atoms with E-state index >= 15 is 0 Å². The van der Waals surface area contributed by atoms with E-state index in [4.69, 9.17) is 0 Å². The van der Waals surface area contributed by atoms with Crippen molar-refractivity contribution in [3.8, 4) is 10.6 Å². The van der Waals surface area contributed by atoms with Gasteiger partial charge in [-0.3, -0.25) is 4.79 Å². The summed E-state index contributed by atoms with van der Waals surface area (Å²) in [6, 6.07) is 10.3. The van der Waals surface area contributed by atoms with Crippen LogP contribution in [0, 0.1) is 0 Å². The third-order valence-electron chi connectivity index (χ3n) is 3.39. The van der Waals surface area contributed by atoms with Crippen molar-refractivity contribution in [3.63, 3.8) is 0 Å². The normalized spacial score (nSPS) is 19.1. The predicted molar refractivity (Wildman–Crippen MR) is 80.9 cm³/mol. The number of rotatable bonds is 2. The number of aromatic nitrogens is 1. The van der Waals surface area contributed by atoms with Crippen LogP contribution in [-0.4, -0.2) is 41.5 Å². The van der Waals surface area contributed by atoms with E-state index < -0.39 is 0 Å². The summed E-state index contributed by atoms with van der Waals surface area (Å²) in [6.45, 7) is 4.48. The van der Waals surface area contributed by atoms with Crippen molar-refractivity contribution >= 4 is 17.2 Å². The molecule has 5 heteroatoms. The lowest BCUT2D eigenvalue weighted by molar-refractivity contribution is 0.0714. The number of nitrogens with zero attached hydrogens (tertiary/aromatic N) is 2. The van der Waals surface area contributed by atoms with Gasteiger partial charge in [0.2, 0.25) is 0 Å². The minimum atomic E-state index is 0.0954. The molecule has 1 fully saturated rings. The van der Waals surface area contributed by atoms with Gasteiger partial charge in [0.15, 0.2) is 0 Å². The fraction of sp³-hybridized carbons (Fsp3) is 0.333. The van der Waals surface area contributed by atoms with Gasteiger partial charge in [-0.25, -0.2) is 4.98 Å². The fourth-order valence-electron chi connectivity index (χ4n) is 2.36. The Hall–Kier alpha value is -1.72. The van der Waals surface area contributed by atoms with Crippen LogP contribution in [0.5, 0.6) is 0 Å². The van der Waals surface area contributed by atoms with Crippen LogP contribution < -0.4 is 5.32 Å². The first-order valence-corrected chi connectivity index (χ1v) is 7.59. The molecule has 1 N–H and O–H groups in total. The molecule has 0 radical (unpaired) electrons. The number of hydrogen-bond acceptors (Lipinski definition) is 4. The summed E-state index contributed by atoms with van der Waals surface area (Å²) in [5, 5.41) is 4.24. The second kappa shape index (κ2) is 5.73. The van der Waals surface area contributed by atoms with Crippen LogP contribution in [0.2, 0.25) is 0 Å². The summed E-state index contributed by atoms with van der Waals surface area (Å²) in [4.78, 5) is 19.5. The standard InChI is InChI=1S/C15H17N3OS/c1-11-10-18(8-7-16-11)15(19)13-9-17-14(20-13)12-5-3-2-4-6-12/h2-6,9,11,16H,7-8,10H2,1H3. The summed E-state index contributed by atoms with van der Waals surface area (Å²) >= 11 is 1.47. The Balaban J connectivity index is 1.78. The molecule has 0 spiro atoms. The highest BCUT2D eigenvalue weighted by Crippen LogP contribution is 2.25. The third-order valence-corrected chi connectivity index (χ3v) is 4.43. The molecule has 1 aliphatic heterocycles. The molecule has 1 atom stereocenters. The highest BCUT2D eigenvalue weighted by atomic mass is 32.1. The smallest absolute Gasteiger partial charge is 0.265 e. The number of piperazine rings is 1. The number of carbonyl (C=O) groups excluding carboxylic acids is 1. The van der Waals surface area contributed by atoms with E-state index in [1.165, 1.54) is 11.3 Å². The highest BCUT2D eigenvalue weighted by Gasteiger charge is 2.23. The topological polar surface area (TPSA) is 45.2 Å². The molecule has 1 aromatic carbocycles. The lowest BCUT2D eigenvalue weighted by Crippen LogP contribution is -2.51. The van der Waals surface area contributed by atoms with Crippen LogP contribution >= 0.6 is 11.3 Å². The van der Waals surface area contributed by atoms with Crippen LogP contribution in [0.4, 0.5) is 0 Å². The van der Waals surface area contributed by atoms with E-state index in [-0.39, 0.29) is 5.91 Å². The summed E-state index contributed by atoms with van der Waals surface area (Å²) in [7, 11) is 0. The Morgan fingerprint density at radius 3 is 2.95 bits per heavy atom. The molecule has 1 unspecified atom stereocenters. The van der Waals surface area contributed by atoms with Gasteiger partial charge < -0.3 is 10.2 Å². The molecule has 0 aliphatic carbocycles. The molecule has 1 saturated heterocycles. The maximum absolute atomic E-state index is 12.5. The summed E-state index contributed by atoms with van der Waals surface area (Å²) in [5.41, 5.74) is 1.06. The molecule has 4 nitrogen and oxygen atoms in total. The summed E-state index contributed by atoms with van der Waals surface area (Å²) in [5.74, 6) is 0.0954. The van der Waals surface area contributed by atoms with Crippen molar-refractivity contribution in [2.45, 2.75) is 13.0 Å². The first-order chi connectivity index (χ1) is 9.74. The van der Waals surface area contributed by atoms with Gasteiger partial charge in [0.05, 0.1) is 6.20 Å². The van der Waals surface area contributed by atoms with Crippen molar-refractivity contribution in [1.82, 2.24) is 15.2 Å². The quantitative estimate of drug-likeness (QED) is 0.921. The molecule has 2 aromatic rings. The molecule has 3 rings (SSSR count). The van der Waals surface area contributed by atoms with Crippen molar-refractivity contribution in [1.29, 1.82) is 0 Å². The Bertz CT molecular complexity index is 596. The minimum absolute atomic E-state index is 0.0954. The average Bonchev–Trinajstić information content (AvgIpc) is 2.97. The number of benzene rings is 1. The van der Waals surface area contributed by atoms with Gasteiger partial charge >= 0.3 is 0 Å². The summed E-state index contributed by atoms with van der Waals surface area (Å²) < 4.78 is 0. The maximum Gasteiger partial charge on any atom is 0.265 e. The lowest BCUT2D eigenvalue weighted by Gasteiger charge is -2.31. The number of carbonyl (C=O) groups is 1. The lowest BCUT2D eigenvalue weighted by atomic mass is 10.2.